The van der Waals surface area contributed by atoms with Gasteiger partial charge in [-0.2, -0.15) is 13.9 Å². The second kappa shape index (κ2) is 5.87. The van der Waals surface area contributed by atoms with E-state index in [0.29, 0.717) is 5.69 Å². The van der Waals surface area contributed by atoms with Crippen LogP contribution in [0.4, 0.5) is 14.5 Å². The maximum absolute atomic E-state index is 12.1. The Morgan fingerprint density at radius 2 is 2.20 bits per heavy atom. The second-order valence-electron chi connectivity index (χ2n) is 3.85. The first-order chi connectivity index (χ1) is 9.45. The SMILES string of the molecule is Cn1ccc(C(=O)Nc2ccc(OC(F)F)c(Cl)c2)n1. The Bertz CT molecular complexity index is 631. The van der Waals surface area contributed by atoms with Crippen molar-refractivity contribution in [2.75, 3.05) is 5.32 Å². The Labute approximate surface area is 118 Å². The van der Waals surface area contributed by atoms with Crippen molar-refractivity contribution in [3.8, 4) is 5.75 Å². The maximum atomic E-state index is 12.1. The molecule has 106 valence electrons. The summed E-state index contributed by atoms with van der Waals surface area (Å²) in [5.41, 5.74) is 0.587. The Kier molecular flexibility index (Phi) is 4.19. The molecule has 0 atom stereocenters. The van der Waals surface area contributed by atoms with Gasteiger partial charge in [0.1, 0.15) is 5.75 Å². The number of alkyl halides is 2. The lowest BCUT2D eigenvalue weighted by atomic mass is 10.3. The van der Waals surface area contributed by atoms with Crippen molar-refractivity contribution < 1.29 is 18.3 Å². The van der Waals surface area contributed by atoms with Crippen molar-refractivity contribution >= 4 is 23.2 Å². The van der Waals surface area contributed by atoms with E-state index >= 15 is 0 Å². The first-order valence-corrected chi connectivity index (χ1v) is 5.89. The van der Waals surface area contributed by atoms with Crippen molar-refractivity contribution in [2.24, 2.45) is 7.05 Å². The molecule has 0 saturated heterocycles. The van der Waals surface area contributed by atoms with Crippen LogP contribution in [0.5, 0.6) is 5.75 Å². The number of nitrogens with one attached hydrogen (secondary N) is 1. The first-order valence-electron chi connectivity index (χ1n) is 5.51. The number of carbonyl (C=O) groups excluding carboxylic acids is 1. The zero-order valence-corrected chi connectivity index (χ0v) is 11.1. The molecule has 0 aliphatic heterocycles. The lowest BCUT2D eigenvalue weighted by Crippen LogP contribution is -2.13. The molecule has 8 heteroatoms. The van der Waals surface area contributed by atoms with Crippen LogP contribution in [0.25, 0.3) is 0 Å². The van der Waals surface area contributed by atoms with E-state index in [1.54, 1.807) is 19.3 Å². The summed E-state index contributed by atoms with van der Waals surface area (Å²) in [4.78, 5) is 11.8. The molecule has 0 bridgehead atoms. The maximum Gasteiger partial charge on any atom is 0.387 e. The third-order valence-electron chi connectivity index (χ3n) is 2.35. The van der Waals surface area contributed by atoms with Crippen LogP contribution < -0.4 is 10.1 Å². The van der Waals surface area contributed by atoms with Gasteiger partial charge in [-0.15, -0.1) is 0 Å². The average Bonchev–Trinajstić information content (AvgIpc) is 2.79. The predicted octanol–water partition coefficient (Wildman–Crippen LogP) is 2.93. The number of nitrogens with zero attached hydrogens (tertiary/aromatic N) is 2. The molecule has 1 amide bonds. The van der Waals surface area contributed by atoms with Crippen LogP contribution in [0, 0.1) is 0 Å². The van der Waals surface area contributed by atoms with Crippen LogP contribution in [-0.2, 0) is 7.05 Å². The number of benzene rings is 1. The number of ether oxygens (including phenoxy) is 1. The lowest BCUT2D eigenvalue weighted by Gasteiger charge is -2.08. The number of aromatic nitrogens is 2. The number of hydrogen-bond donors (Lipinski definition) is 1. The molecule has 0 fully saturated rings. The van der Waals surface area contributed by atoms with E-state index in [1.165, 1.54) is 22.9 Å². The van der Waals surface area contributed by atoms with Crippen molar-refractivity contribution in [1.29, 1.82) is 0 Å². The summed E-state index contributed by atoms with van der Waals surface area (Å²) in [7, 11) is 1.68. The van der Waals surface area contributed by atoms with Crippen LogP contribution in [-0.4, -0.2) is 22.3 Å². The van der Waals surface area contributed by atoms with E-state index in [9.17, 15) is 13.6 Å². The Hall–Kier alpha value is -2.15. The molecule has 0 radical (unpaired) electrons. The molecular formula is C12H10ClF2N3O2. The zero-order chi connectivity index (χ0) is 14.7. The molecular weight excluding hydrogens is 292 g/mol. The number of hydrogen-bond acceptors (Lipinski definition) is 3. The molecule has 0 saturated carbocycles. The van der Waals surface area contributed by atoms with Gasteiger partial charge in [0.25, 0.3) is 5.91 Å². The minimum Gasteiger partial charge on any atom is -0.433 e. The van der Waals surface area contributed by atoms with Crippen molar-refractivity contribution in [3.63, 3.8) is 0 Å². The standard InChI is InChI=1S/C12H10ClF2N3O2/c1-18-5-4-9(17-18)11(19)16-7-2-3-10(8(13)6-7)20-12(14)15/h2-6,12H,1H3,(H,16,19). The summed E-state index contributed by atoms with van der Waals surface area (Å²) in [6.07, 6.45) is 1.63. The molecule has 0 unspecified atom stereocenters. The van der Waals surface area contributed by atoms with Crippen molar-refractivity contribution in [1.82, 2.24) is 9.78 Å². The molecule has 0 aliphatic rings. The molecule has 0 spiro atoms. The largest absolute Gasteiger partial charge is 0.433 e. The van der Waals surface area contributed by atoms with Gasteiger partial charge < -0.3 is 10.1 Å². The van der Waals surface area contributed by atoms with Crippen molar-refractivity contribution in [3.05, 3.63) is 41.2 Å². The fourth-order valence-corrected chi connectivity index (χ4v) is 1.73. The molecule has 1 aromatic carbocycles. The number of rotatable bonds is 4. The Morgan fingerprint density at radius 1 is 1.45 bits per heavy atom. The molecule has 1 heterocycles. The number of carbonyl (C=O) groups is 1. The van der Waals surface area contributed by atoms with E-state index in [-0.39, 0.29) is 16.5 Å². The summed E-state index contributed by atoms with van der Waals surface area (Å²) < 4.78 is 29.8. The molecule has 20 heavy (non-hydrogen) atoms. The van der Waals surface area contributed by atoms with Gasteiger partial charge in [0.15, 0.2) is 5.69 Å². The topological polar surface area (TPSA) is 56.2 Å². The molecule has 0 aliphatic carbocycles. The quantitative estimate of drug-likeness (QED) is 0.944. The van der Waals surface area contributed by atoms with Gasteiger partial charge in [0.05, 0.1) is 5.02 Å². The van der Waals surface area contributed by atoms with E-state index < -0.39 is 12.5 Å². The van der Waals surface area contributed by atoms with Gasteiger partial charge in [-0.3, -0.25) is 9.48 Å². The minimum atomic E-state index is -2.96. The number of amides is 1. The first kappa shape index (κ1) is 14.3. The summed E-state index contributed by atoms with van der Waals surface area (Å²) in [6, 6.07) is 5.53. The molecule has 2 aromatic rings. The summed E-state index contributed by atoms with van der Waals surface area (Å²) in [5, 5.41) is 6.46. The highest BCUT2D eigenvalue weighted by Crippen LogP contribution is 2.29. The Morgan fingerprint density at radius 3 is 2.75 bits per heavy atom. The number of anilines is 1. The van der Waals surface area contributed by atoms with E-state index in [1.807, 2.05) is 0 Å². The van der Waals surface area contributed by atoms with Gasteiger partial charge in [0, 0.05) is 18.9 Å². The van der Waals surface area contributed by atoms with Crippen LogP contribution in [0.2, 0.25) is 5.02 Å². The summed E-state index contributed by atoms with van der Waals surface area (Å²) in [5.74, 6) is -0.582. The predicted molar refractivity (Wildman–Crippen MR) is 69.2 cm³/mol. The van der Waals surface area contributed by atoms with Gasteiger partial charge in [0.2, 0.25) is 0 Å². The highest BCUT2D eigenvalue weighted by Gasteiger charge is 2.12. The fraction of sp³-hybridized carbons (Fsp3) is 0.167. The van der Waals surface area contributed by atoms with Gasteiger partial charge in [-0.1, -0.05) is 11.6 Å². The van der Waals surface area contributed by atoms with Gasteiger partial charge in [-0.25, -0.2) is 0 Å². The van der Waals surface area contributed by atoms with E-state index in [2.05, 4.69) is 15.2 Å². The van der Waals surface area contributed by atoms with Gasteiger partial charge in [-0.05, 0) is 24.3 Å². The molecule has 1 N–H and O–H groups in total. The number of halogens is 3. The normalized spacial score (nSPS) is 10.7. The van der Waals surface area contributed by atoms with E-state index in [0.717, 1.165) is 0 Å². The van der Waals surface area contributed by atoms with Crippen LogP contribution in [0.3, 0.4) is 0 Å². The van der Waals surface area contributed by atoms with Gasteiger partial charge >= 0.3 is 6.61 Å². The van der Waals surface area contributed by atoms with E-state index in [4.69, 9.17) is 11.6 Å². The van der Waals surface area contributed by atoms with Crippen LogP contribution >= 0.6 is 11.6 Å². The monoisotopic (exact) mass is 301 g/mol. The minimum absolute atomic E-state index is 0.0240. The second-order valence-corrected chi connectivity index (χ2v) is 4.26. The fourth-order valence-electron chi connectivity index (χ4n) is 1.50. The lowest BCUT2D eigenvalue weighted by molar-refractivity contribution is -0.0497. The highest BCUT2D eigenvalue weighted by atomic mass is 35.5. The van der Waals surface area contributed by atoms with Crippen LogP contribution in [0.15, 0.2) is 30.5 Å². The third kappa shape index (κ3) is 3.45. The highest BCUT2D eigenvalue weighted by molar-refractivity contribution is 6.32. The smallest absolute Gasteiger partial charge is 0.387 e. The zero-order valence-electron chi connectivity index (χ0n) is 10.3. The van der Waals surface area contributed by atoms with Crippen molar-refractivity contribution in [2.45, 2.75) is 6.61 Å². The number of aryl methyl sites for hydroxylation is 1. The Balaban J connectivity index is 2.10. The summed E-state index contributed by atoms with van der Waals surface area (Å²) in [6.45, 7) is -2.96. The summed E-state index contributed by atoms with van der Waals surface area (Å²) >= 11 is 5.78. The molecule has 1 aromatic heterocycles. The third-order valence-corrected chi connectivity index (χ3v) is 2.65. The van der Waals surface area contributed by atoms with Crippen LogP contribution in [0.1, 0.15) is 10.5 Å². The molecule has 2 rings (SSSR count). The molecule has 5 nitrogen and oxygen atoms in total. The average molecular weight is 302 g/mol.